The Hall–Kier alpha value is -2.98. The highest BCUT2D eigenvalue weighted by molar-refractivity contribution is 7.71. The number of nitrogens with zero attached hydrogens (tertiary/aromatic N) is 2. The maximum absolute atomic E-state index is 14.0. The number of benzene rings is 1. The number of pyridine rings is 1. The molecule has 0 aliphatic heterocycles. The van der Waals surface area contributed by atoms with E-state index in [-0.39, 0.29) is 16.1 Å². The molecular formula is C21H16F3N3O2S2. The number of aryl methyl sites for hydroxylation is 1. The number of hydrogen-bond donors (Lipinski definition) is 1. The number of ether oxygens (including phenoxy) is 1. The first kappa shape index (κ1) is 21.3. The second-order valence-corrected chi connectivity index (χ2v) is 8.19. The van der Waals surface area contributed by atoms with Gasteiger partial charge in [0.05, 0.1) is 34.3 Å². The van der Waals surface area contributed by atoms with Gasteiger partial charge in [-0.05, 0) is 49.0 Å². The van der Waals surface area contributed by atoms with E-state index in [1.807, 2.05) is 13.0 Å². The van der Waals surface area contributed by atoms with Crippen LogP contribution in [0.3, 0.4) is 0 Å². The van der Waals surface area contributed by atoms with Crippen LogP contribution in [-0.4, -0.2) is 21.6 Å². The van der Waals surface area contributed by atoms with Gasteiger partial charge in [0.1, 0.15) is 5.75 Å². The monoisotopic (exact) mass is 463 g/mol. The second kappa shape index (κ2) is 7.93. The number of hydrogen-bond acceptors (Lipinski definition) is 5. The molecule has 31 heavy (non-hydrogen) atoms. The highest BCUT2D eigenvalue weighted by Crippen LogP contribution is 2.38. The third-order valence-corrected chi connectivity index (χ3v) is 6.29. The first-order chi connectivity index (χ1) is 14.7. The Balaban J connectivity index is 2.18. The van der Waals surface area contributed by atoms with Crippen molar-refractivity contribution in [1.29, 1.82) is 0 Å². The maximum atomic E-state index is 14.0. The molecule has 0 unspecified atom stereocenters. The van der Waals surface area contributed by atoms with Crippen LogP contribution in [0.1, 0.15) is 17.4 Å². The van der Waals surface area contributed by atoms with Crippen LogP contribution in [0.2, 0.25) is 0 Å². The minimum atomic E-state index is -4.77. The summed E-state index contributed by atoms with van der Waals surface area (Å²) in [7, 11) is 1.44. The number of halogens is 3. The molecule has 4 rings (SSSR count). The van der Waals surface area contributed by atoms with Gasteiger partial charge < -0.3 is 4.74 Å². The van der Waals surface area contributed by atoms with Gasteiger partial charge in [0.25, 0.3) is 5.56 Å². The quantitative estimate of drug-likeness (QED) is 0.391. The van der Waals surface area contributed by atoms with Gasteiger partial charge in [-0.1, -0.05) is 19.1 Å². The third-order valence-electron chi connectivity index (χ3n) is 4.76. The van der Waals surface area contributed by atoms with Crippen molar-refractivity contribution in [3.63, 3.8) is 0 Å². The molecular weight excluding hydrogens is 447 g/mol. The molecule has 0 bridgehead atoms. The summed E-state index contributed by atoms with van der Waals surface area (Å²) in [5.41, 5.74) is -1.71. The van der Waals surface area contributed by atoms with Crippen LogP contribution in [0, 0.1) is 4.77 Å². The van der Waals surface area contributed by atoms with Crippen molar-refractivity contribution in [1.82, 2.24) is 14.5 Å². The summed E-state index contributed by atoms with van der Waals surface area (Å²) < 4.78 is 48.6. The summed E-state index contributed by atoms with van der Waals surface area (Å²) in [5.74, 6) is 0.372. The Kier molecular flexibility index (Phi) is 5.44. The number of aromatic amines is 1. The molecule has 5 nitrogen and oxygen atoms in total. The molecule has 3 heterocycles. The lowest BCUT2D eigenvalue weighted by Gasteiger charge is -2.17. The van der Waals surface area contributed by atoms with E-state index >= 15 is 0 Å². The zero-order valence-electron chi connectivity index (χ0n) is 16.4. The minimum absolute atomic E-state index is 0.0831. The van der Waals surface area contributed by atoms with E-state index < -0.39 is 22.7 Å². The number of aromatic nitrogens is 3. The van der Waals surface area contributed by atoms with Crippen molar-refractivity contribution in [3.05, 3.63) is 68.0 Å². The molecule has 0 saturated heterocycles. The number of thiophene rings is 1. The molecule has 0 fully saturated rings. The molecule has 0 atom stereocenters. The topological polar surface area (TPSA) is 59.9 Å². The van der Waals surface area contributed by atoms with Crippen molar-refractivity contribution in [2.45, 2.75) is 19.5 Å². The van der Waals surface area contributed by atoms with Crippen molar-refractivity contribution in [2.75, 3.05) is 7.11 Å². The van der Waals surface area contributed by atoms with Crippen LogP contribution in [-0.2, 0) is 12.6 Å². The second-order valence-electron chi connectivity index (χ2n) is 6.64. The molecule has 1 aromatic carbocycles. The van der Waals surface area contributed by atoms with E-state index in [0.29, 0.717) is 16.3 Å². The Morgan fingerprint density at radius 2 is 1.97 bits per heavy atom. The van der Waals surface area contributed by atoms with Crippen LogP contribution in [0.5, 0.6) is 5.75 Å². The number of fused-ring (bicyclic) bond motifs is 1. The predicted octanol–water partition coefficient (Wildman–Crippen LogP) is 5.76. The summed E-state index contributed by atoms with van der Waals surface area (Å²) in [6.07, 6.45) is -4.02. The Bertz CT molecular complexity index is 1400. The number of para-hydroxylation sites is 2. The average Bonchev–Trinajstić information content (AvgIpc) is 3.22. The number of alkyl halides is 3. The van der Waals surface area contributed by atoms with Crippen molar-refractivity contribution < 1.29 is 17.9 Å². The summed E-state index contributed by atoms with van der Waals surface area (Å²) in [5, 5.41) is -0.581. The fourth-order valence-corrected chi connectivity index (χ4v) is 4.51. The van der Waals surface area contributed by atoms with Gasteiger partial charge in [0, 0.05) is 4.88 Å². The molecule has 0 aliphatic rings. The molecule has 0 aliphatic carbocycles. The van der Waals surface area contributed by atoms with E-state index in [1.165, 1.54) is 23.0 Å². The minimum Gasteiger partial charge on any atom is -0.495 e. The number of methoxy groups -OCH3 is 1. The Morgan fingerprint density at radius 1 is 1.23 bits per heavy atom. The zero-order chi connectivity index (χ0) is 22.3. The zero-order valence-corrected chi connectivity index (χ0v) is 18.0. The Labute approximate surface area is 183 Å². The van der Waals surface area contributed by atoms with Crippen LogP contribution in [0.15, 0.2) is 47.3 Å². The highest BCUT2D eigenvalue weighted by atomic mass is 32.1. The van der Waals surface area contributed by atoms with Crippen LogP contribution in [0.25, 0.3) is 27.3 Å². The fourth-order valence-electron chi connectivity index (χ4n) is 3.32. The van der Waals surface area contributed by atoms with E-state index in [9.17, 15) is 18.0 Å². The SMILES string of the molecule is CCc1ccc(-c2cc(C(F)(F)F)c3c(=O)[nH]c(=S)n(-c4ccccc4OC)c3n2)s1. The molecule has 0 radical (unpaired) electrons. The van der Waals surface area contributed by atoms with Gasteiger partial charge in [-0.15, -0.1) is 11.3 Å². The van der Waals surface area contributed by atoms with E-state index in [4.69, 9.17) is 17.0 Å². The molecule has 10 heteroatoms. The van der Waals surface area contributed by atoms with E-state index in [1.54, 1.807) is 30.3 Å². The lowest BCUT2D eigenvalue weighted by Crippen LogP contribution is -2.20. The fraction of sp³-hybridized carbons (Fsp3) is 0.190. The molecule has 0 amide bonds. The van der Waals surface area contributed by atoms with E-state index in [2.05, 4.69) is 9.97 Å². The average molecular weight is 464 g/mol. The first-order valence-electron chi connectivity index (χ1n) is 9.24. The summed E-state index contributed by atoms with van der Waals surface area (Å²) in [4.78, 5) is 21.0. The molecule has 4 aromatic rings. The van der Waals surface area contributed by atoms with E-state index in [0.717, 1.165) is 17.4 Å². The van der Waals surface area contributed by atoms with Gasteiger partial charge in [-0.25, -0.2) is 4.98 Å². The number of rotatable bonds is 4. The van der Waals surface area contributed by atoms with Crippen LogP contribution < -0.4 is 10.3 Å². The Morgan fingerprint density at radius 3 is 2.61 bits per heavy atom. The van der Waals surface area contributed by atoms with Crippen LogP contribution >= 0.6 is 23.6 Å². The maximum Gasteiger partial charge on any atom is 0.417 e. The van der Waals surface area contributed by atoms with Gasteiger partial charge in [-0.2, -0.15) is 13.2 Å². The third kappa shape index (κ3) is 3.77. The van der Waals surface area contributed by atoms with Crippen molar-refractivity contribution in [2.24, 2.45) is 0 Å². The molecule has 160 valence electrons. The summed E-state index contributed by atoms with van der Waals surface area (Å²) >= 11 is 6.67. The van der Waals surface area contributed by atoms with Gasteiger partial charge in [0.2, 0.25) is 0 Å². The molecule has 3 aromatic heterocycles. The van der Waals surface area contributed by atoms with Crippen LogP contribution in [0.4, 0.5) is 13.2 Å². The largest absolute Gasteiger partial charge is 0.495 e. The summed E-state index contributed by atoms with van der Waals surface area (Å²) in [6, 6.07) is 11.2. The van der Waals surface area contributed by atoms with Crippen molar-refractivity contribution in [3.8, 4) is 22.0 Å². The standard InChI is InChI=1S/C21H16F3N3O2S2/c1-3-11-8-9-16(31-11)13-10-12(21(22,23)24)17-18(25-13)27(20(30)26-19(17)28)14-6-4-5-7-15(14)29-2/h4-10H,3H2,1-2H3,(H,26,28,30). The van der Waals surface area contributed by atoms with Gasteiger partial charge in [0.15, 0.2) is 10.4 Å². The molecule has 0 saturated carbocycles. The highest BCUT2D eigenvalue weighted by Gasteiger charge is 2.36. The summed E-state index contributed by atoms with van der Waals surface area (Å²) in [6.45, 7) is 1.96. The van der Waals surface area contributed by atoms with Crippen molar-refractivity contribution >= 4 is 34.6 Å². The number of H-pyrrole nitrogens is 1. The van der Waals surface area contributed by atoms with Gasteiger partial charge >= 0.3 is 6.18 Å². The molecule has 1 N–H and O–H groups in total. The smallest absolute Gasteiger partial charge is 0.417 e. The predicted molar refractivity (Wildman–Crippen MR) is 117 cm³/mol. The first-order valence-corrected chi connectivity index (χ1v) is 10.5. The molecule has 0 spiro atoms. The van der Waals surface area contributed by atoms with Gasteiger partial charge in [-0.3, -0.25) is 14.3 Å². The number of nitrogens with one attached hydrogen (secondary N) is 1. The normalized spacial score (nSPS) is 11.8. The lowest BCUT2D eigenvalue weighted by atomic mass is 10.1. The lowest BCUT2D eigenvalue weighted by molar-refractivity contribution is -0.136.